The largest absolute Gasteiger partial charge is 0.322 e. The van der Waals surface area contributed by atoms with Crippen molar-refractivity contribution in [1.29, 1.82) is 0 Å². The summed E-state index contributed by atoms with van der Waals surface area (Å²) < 4.78 is 17.0. The summed E-state index contributed by atoms with van der Waals surface area (Å²) in [6, 6.07) is 21.9. The van der Waals surface area contributed by atoms with Gasteiger partial charge in [-0.1, -0.05) is 57.4 Å². The van der Waals surface area contributed by atoms with Gasteiger partial charge in [-0.15, -0.1) is 0 Å². The van der Waals surface area contributed by atoms with Crippen LogP contribution < -0.4 is 9.62 Å². The van der Waals surface area contributed by atoms with Gasteiger partial charge in [0.05, 0.1) is 5.69 Å². The minimum absolute atomic E-state index is 0.228. The fourth-order valence-electron chi connectivity index (χ4n) is 4.08. The number of halogens is 1. The number of amides is 1. The topological polar surface area (TPSA) is 45.2 Å². The van der Waals surface area contributed by atoms with E-state index in [4.69, 9.17) is 0 Å². The van der Waals surface area contributed by atoms with Crippen molar-refractivity contribution in [2.24, 2.45) is 0 Å². The highest BCUT2D eigenvalue weighted by Crippen LogP contribution is 2.31. The highest BCUT2D eigenvalue weighted by atomic mass is 32.2. The van der Waals surface area contributed by atoms with Crippen LogP contribution in [0.2, 0.25) is 0 Å². The molecule has 0 unspecified atom stereocenters. The molecule has 1 amide bonds. The third-order valence-corrected chi connectivity index (χ3v) is 7.50. The van der Waals surface area contributed by atoms with Crippen molar-refractivity contribution < 1.29 is 9.18 Å². The van der Waals surface area contributed by atoms with E-state index in [2.05, 4.69) is 28.5 Å². The zero-order valence-corrected chi connectivity index (χ0v) is 22.4. The molecular formula is C31H34FN3OS. The Morgan fingerprint density at radius 1 is 0.973 bits per heavy atom. The Labute approximate surface area is 223 Å². The maximum absolute atomic E-state index is 14.7. The molecule has 0 radical (unpaired) electrons. The van der Waals surface area contributed by atoms with E-state index in [0.29, 0.717) is 22.5 Å². The smallest absolute Gasteiger partial charge is 0.255 e. The van der Waals surface area contributed by atoms with Gasteiger partial charge in [0, 0.05) is 46.4 Å². The van der Waals surface area contributed by atoms with Gasteiger partial charge in [0.1, 0.15) is 5.82 Å². The van der Waals surface area contributed by atoms with Gasteiger partial charge in [0.25, 0.3) is 5.91 Å². The Hall–Kier alpha value is -3.38. The molecule has 1 fully saturated rings. The minimum Gasteiger partial charge on any atom is -0.322 e. The number of hydrogen-bond donors (Lipinski definition) is 1. The number of nitrogens with zero attached hydrogens (tertiary/aromatic N) is 2. The zero-order chi connectivity index (χ0) is 26.0. The van der Waals surface area contributed by atoms with Crippen LogP contribution in [0.25, 0.3) is 22.0 Å². The summed E-state index contributed by atoms with van der Waals surface area (Å²) in [6.07, 6.45) is 8.01. The predicted octanol–water partition coefficient (Wildman–Crippen LogP) is 8.74. The Kier molecular flexibility index (Phi) is 9.55. The van der Waals surface area contributed by atoms with Crippen molar-refractivity contribution in [3.05, 3.63) is 90.4 Å². The molecule has 4 nitrogen and oxygen atoms in total. The van der Waals surface area contributed by atoms with Gasteiger partial charge in [0.15, 0.2) is 0 Å². The van der Waals surface area contributed by atoms with Gasteiger partial charge in [0.2, 0.25) is 0 Å². The van der Waals surface area contributed by atoms with Crippen molar-refractivity contribution in [2.45, 2.75) is 46.0 Å². The molecule has 1 N–H and O–H groups in total. The molecule has 5 rings (SSSR count). The molecule has 0 aliphatic carbocycles. The van der Waals surface area contributed by atoms with Crippen molar-refractivity contribution in [1.82, 2.24) is 4.98 Å². The molecule has 192 valence electrons. The molecule has 6 heteroatoms. The molecule has 37 heavy (non-hydrogen) atoms. The zero-order valence-electron chi connectivity index (χ0n) is 21.5. The first-order valence-corrected chi connectivity index (χ1v) is 14.0. The second kappa shape index (κ2) is 13.2. The highest BCUT2D eigenvalue weighted by molar-refractivity contribution is 8.00. The standard InChI is InChI=1S/C27H24FN3OS.C4H10/c28-25-13-10-21(18-24(25)26-23-7-3-2-6-19(23)14-15-29-26)30-27(32)20-8-11-22(12-9-20)31-16-4-1-5-17-33-31;1-3-4-2/h2-3,6-15,18H,1,4-5,16-17H2,(H,30,32);3-4H2,1-2H3. The summed E-state index contributed by atoms with van der Waals surface area (Å²) in [5.41, 5.74) is 3.12. The van der Waals surface area contributed by atoms with Crippen molar-refractivity contribution in [3.63, 3.8) is 0 Å². The maximum Gasteiger partial charge on any atom is 0.255 e. The lowest BCUT2D eigenvalue weighted by Gasteiger charge is -2.21. The molecule has 0 bridgehead atoms. The Bertz CT molecular complexity index is 1310. The Morgan fingerprint density at radius 2 is 1.76 bits per heavy atom. The molecule has 1 aliphatic rings. The fraction of sp³-hybridized carbons (Fsp3) is 0.290. The molecule has 4 aromatic rings. The second-order valence-electron chi connectivity index (χ2n) is 9.07. The van der Waals surface area contributed by atoms with E-state index in [1.807, 2.05) is 66.5 Å². The number of rotatable bonds is 5. The number of nitrogens with one attached hydrogen (secondary N) is 1. The van der Waals surface area contributed by atoms with E-state index in [-0.39, 0.29) is 11.7 Å². The van der Waals surface area contributed by atoms with Crippen LogP contribution in [0.4, 0.5) is 15.8 Å². The monoisotopic (exact) mass is 515 g/mol. The molecule has 1 aromatic heterocycles. The third-order valence-electron chi connectivity index (χ3n) is 6.32. The minimum atomic E-state index is -0.379. The van der Waals surface area contributed by atoms with E-state index in [9.17, 15) is 9.18 Å². The van der Waals surface area contributed by atoms with E-state index in [0.717, 1.165) is 28.8 Å². The number of carbonyl (C=O) groups excluding carboxylic acids is 1. The normalized spacial score (nSPS) is 13.4. The summed E-state index contributed by atoms with van der Waals surface area (Å²) in [6.45, 7) is 5.39. The molecule has 1 saturated heterocycles. The lowest BCUT2D eigenvalue weighted by molar-refractivity contribution is 0.102. The van der Waals surface area contributed by atoms with E-state index < -0.39 is 0 Å². The number of carbonyl (C=O) groups is 1. The summed E-state index contributed by atoms with van der Waals surface area (Å²) >= 11 is 1.85. The molecule has 2 heterocycles. The lowest BCUT2D eigenvalue weighted by Crippen LogP contribution is -2.15. The lowest BCUT2D eigenvalue weighted by atomic mass is 10.0. The van der Waals surface area contributed by atoms with Crippen LogP contribution in [-0.2, 0) is 0 Å². The summed E-state index contributed by atoms with van der Waals surface area (Å²) in [7, 11) is 0. The average molecular weight is 516 g/mol. The number of benzene rings is 3. The van der Waals surface area contributed by atoms with Crippen LogP contribution in [0.3, 0.4) is 0 Å². The van der Waals surface area contributed by atoms with Gasteiger partial charge in [-0.2, -0.15) is 0 Å². The molecule has 3 aromatic carbocycles. The van der Waals surface area contributed by atoms with Crippen LogP contribution in [-0.4, -0.2) is 23.2 Å². The van der Waals surface area contributed by atoms with Gasteiger partial charge in [-0.05, 0) is 78.7 Å². The van der Waals surface area contributed by atoms with Gasteiger partial charge < -0.3 is 9.62 Å². The van der Waals surface area contributed by atoms with E-state index >= 15 is 0 Å². The quantitative estimate of drug-likeness (QED) is 0.270. The average Bonchev–Trinajstić information content (AvgIpc) is 3.24. The van der Waals surface area contributed by atoms with E-state index in [1.54, 1.807) is 18.3 Å². The SMILES string of the molecule is CCCC.O=C(Nc1ccc(F)c(-c2nccc3ccccc23)c1)c1ccc(N2CCCCCS2)cc1. The third kappa shape index (κ3) is 6.89. The van der Waals surface area contributed by atoms with Gasteiger partial charge in [-0.25, -0.2) is 4.39 Å². The number of unbranched alkanes of at least 4 members (excludes halogenated alkanes) is 1. The van der Waals surface area contributed by atoms with E-state index in [1.165, 1.54) is 38.2 Å². The number of aromatic nitrogens is 1. The van der Waals surface area contributed by atoms with Gasteiger partial charge in [-0.3, -0.25) is 9.78 Å². The molecule has 0 atom stereocenters. The first-order chi connectivity index (χ1) is 18.1. The predicted molar refractivity (Wildman–Crippen MR) is 156 cm³/mol. The van der Waals surface area contributed by atoms with Crippen molar-refractivity contribution >= 4 is 40.0 Å². The molecule has 0 spiro atoms. The first-order valence-electron chi connectivity index (χ1n) is 13.1. The fourth-order valence-corrected chi connectivity index (χ4v) is 5.16. The Balaban J connectivity index is 0.000000747. The first kappa shape index (κ1) is 26.7. The second-order valence-corrected chi connectivity index (χ2v) is 10.2. The van der Waals surface area contributed by atoms with Crippen LogP contribution in [0.5, 0.6) is 0 Å². The van der Waals surface area contributed by atoms with Crippen molar-refractivity contribution in [3.8, 4) is 11.3 Å². The summed E-state index contributed by atoms with van der Waals surface area (Å²) in [5.74, 6) is 0.519. The maximum atomic E-state index is 14.7. The number of fused-ring (bicyclic) bond motifs is 1. The summed E-state index contributed by atoms with van der Waals surface area (Å²) in [4.78, 5) is 17.3. The molecular weight excluding hydrogens is 481 g/mol. The highest BCUT2D eigenvalue weighted by Gasteiger charge is 2.15. The molecule has 0 saturated carbocycles. The Morgan fingerprint density at radius 3 is 2.54 bits per heavy atom. The van der Waals surface area contributed by atoms with Crippen LogP contribution in [0, 0.1) is 5.82 Å². The number of anilines is 2. The van der Waals surface area contributed by atoms with Crippen LogP contribution >= 0.6 is 11.9 Å². The molecule has 1 aliphatic heterocycles. The van der Waals surface area contributed by atoms with Crippen LogP contribution in [0.1, 0.15) is 56.3 Å². The van der Waals surface area contributed by atoms with Crippen LogP contribution in [0.15, 0.2) is 79.0 Å². The summed E-state index contributed by atoms with van der Waals surface area (Å²) in [5, 5.41) is 4.75. The number of hydrogen-bond acceptors (Lipinski definition) is 4. The van der Waals surface area contributed by atoms with Gasteiger partial charge >= 0.3 is 0 Å². The van der Waals surface area contributed by atoms with Crippen molar-refractivity contribution in [2.75, 3.05) is 21.9 Å². The number of pyridine rings is 1.